The normalized spacial score (nSPS) is 23.5. The molecule has 23 heavy (non-hydrogen) atoms. The molecule has 0 bridgehead atoms. The Kier molecular flexibility index (Phi) is 5.99. The monoisotopic (exact) mass is 356 g/mol. The Bertz CT molecular complexity index is 530. The second-order valence-electron chi connectivity index (χ2n) is 6.68. The predicted octanol–water partition coefficient (Wildman–Crippen LogP) is 3.50. The summed E-state index contributed by atoms with van der Waals surface area (Å²) in [5, 5.41) is 4.16. The Morgan fingerprint density at radius 2 is 1.70 bits per heavy atom. The number of benzene rings is 1. The standard InChI is InChI=1S/C18H25ClN2O.ClH/c1-3-18(4-2,15-5-7-16(19)8-6-15)17(22)21-11-13-9-20-10-14(13)12-21;/h5-8,13-14,20H,3-4,9-12H2,1-2H3;1H/t13-,14+;. The minimum atomic E-state index is -0.406. The maximum atomic E-state index is 13.3. The molecule has 2 aliphatic heterocycles. The van der Waals surface area contributed by atoms with Crippen molar-refractivity contribution in [2.24, 2.45) is 11.8 Å². The van der Waals surface area contributed by atoms with E-state index in [1.807, 2.05) is 24.3 Å². The van der Waals surface area contributed by atoms with Crippen LogP contribution in [0.2, 0.25) is 5.02 Å². The molecule has 1 N–H and O–H groups in total. The van der Waals surface area contributed by atoms with Crippen molar-refractivity contribution in [1.82, 2.24) is 10.2 Å². The number of fused-ring (bicyclic) bond motifs is 1. The number of nitrogens with one attached hydrogen (secondary N) is 1. The highest BCUT2D eigenvalue weighted by molar-refractivity contribution is 6.30. The average Bonchev–Trinajstić information content (AvgIpc) is 3.12. The molecule has 2 fully saturated rings. The van der Waals surface area contributed by atoms with Gasteiger partial charge in [-0.25, -0.2) is 0 Å². The Labute approximate surface area is 150 Å². The van der Waals surface area contributed by atoms with Crippen LogP contribution in [-0.2, 0) is 10.2 Å². The van der Waals surface area contributed by atoms with Crippen LogP contribution in [-0.4, -0.2) is 37.0 Å². The second kappa shape index (κ2) is 7.42. The van der Waals surface area contributed by atoms with E-state index < -0.39 is 5.41 Å². The zero-order chi connectivity index (χ0) is 15.7. The van der Waals surface area contributed by atoms with Gasteiger partial charge in [-0.2, -0.15) is 0 Å². The SMILES string of the molecule is CCC(CC)(C(=O)N1C[C@H]2CNC[C@H]2C1)c1ccc(Cl)cc1.Cl. The number of carbonyl (C=O) groups excluding carboxylic acids is 1. The van der Waals surface area contributed by atoms with Gasteiger partial charge in [0.15, 0.2) is 0 Å². The van der Waals surface area contributed by atoms with E-state index in [4.69, 9.17) is 11.6 Å². The van der Waals surface area contributed by atoms with E-state index in [1.165, 1.54) is 0 Å². The van der Waals surface area contributed by atoms with E-state index in [9.17, 15) is 4.79 Å². The minimum absolute atomic E-state index is 0. The van der Waals surface area contributed by atoms with Gasteiger partial charge in [0.25, 0.3) is 0 Å². The summed E-state index contributed by atoms with van der Waals surface area (Å²) < 4.78 is 0. The Balaban J connectivity index is 0.00000192. The highest BCUT2D eigenvalue weighted by Crippen LogP contribution is 2.37. The van der Waals surface area contributed by atoms with Crippen molar-refractivity contribution in [3.8, 4) is 0 Å². The Hall–Kier alpha value is -0.770. The summed E-state index contributed by atoms with van der Waals surface area (Å²) in [5.41, 5.74) is 0.693. The van der Waals surface area contributed by atoms with Crippen molar-refractivity contribution < 1.29 is 4.79 Å². The van der Waals surface area contributed by atoms with Crippen LogP contribution >= 0.6 is 24.0 Å². The molecular weight excluding hydrogens is 331 g/mol. The number of likely N-dealkylation sites (tertiary alicyclic amines) is 1. The smallest absolute Gasteiger partial charge is 0.233 e. The first-order valence-corrected chi connectivity index (χ1v) is 8.74. The van der Waals surface area contributed by atoms with Crippen LogP contribution in [0.15, 0.2) is 24.3 Å². The third-order valence-electron chi connectivity index (χ3n) is 5.69. The van der Waals surface area contributed by atoms with Crippen LogP contribution in [0, 0.1) is 11.8 Å². The van der Waals surface area contributed by atoms with Gasteiger partial charge in [0.2, 0.25) is 5.91 Å². The molecule has 3 rings (SSSR count). The number of rotatable bonds is 4. The number of nitrogens with zero attached hydrogens (tertiary/aromatic N) is 1. The molecule has 3 nitrogen and oxygen atoms in total. The van der Waals surface area contributed by atoms with Crippen LogP contribution in [0.3, 0.4) is 0 Å². The molecule has 2 saturated heterocycles. The van der Waals surface area contributed by atoms with Gasteiger partial charge in [-0.1, -0.05) is 37.6 Å². The molecule has 1 aromatic carbocycles. The fraction of sp³-hybridized carbons (Fsp3) is 0.611. The molecule has 0 spiro atoms. The quantitative estimate of drug-likeness (QED) is 0.895. The molecule has 1 amide bonds. The summed E-state index contributed by atoms with van der Waals surface area (Å²) in [4.78, 5) is 15.4. The topological polar surface area (TPSA) is 32.3 Å². The van der Waals surface area contributed by atoms with Crippen LogP contribution in [0.25, 0.3) is 0 Å². The van der Waals surface area contributed by atoms with Crippen molar-refractivity contribution in [2.75, 3.05) is 26.2 Å². The number of hydrogen-bond acceptors (Lipinski definition) is 2. The highest BCUT2D eigenvalue weighted by atomic mass is 35.5. The lowest BCUT2D eigenvalue weighted by Crippen LogP contribution is -2.46. The molecule has 2 atom stereocenters. The second-order valence-corrected chi connectivity index (χ2v) is 7.12. The molecule has 0 radical (unpaired) electrons. The lowest BCUT2D eigenvalue weighted by molar-refractivity contribution is -0.137. The minimum Gasteiger partial charge on any atom is -0.341 e. The Morgan fingerprint density at radius 1 is 1.17 bits per heavy atom. The van der Waals surface area contributed by atoms with Gasteiger partial charge in [0.1, 0.15) is 0 Å². The largest absolute Gasteiger partial charge is 0.341 e. The van der Waals surface area contributed by atoms with E-state index in [0.717, 1.165) is 49.6 Å². The first-order valence-electron chi connectivity index (χ1n) is 8.37. The highest BCUT2D eigenvalue weighted by Gasteiger charge is 2.45. The fourth-order valence-electron chi connectivity index (χ4n) is 4.18. The van der Waals surface area contributed by atoms with Crippen LogP contribution in [0.5, 0.6) is 0 Å². The fourth-order valence-corrected chi connectivity index (χ4v) is 4.30. The van der Waals surface area contributed by atoms with Crippen molar-refractivity contribution in [1.29, 1.82) is 0 Å². The Morgan fingerprint density at radius 3 is 2.17 bits per heavy atom. The predicted molar refractivity (Wildman–Crippen MR) is 97.4 cm³/mol. The summed E-state index contributed by atoms with van der Waals surface area (Å²) in [5.74, 6) is 1.58. The first-order chi connectivity index (χ1) is 10.6. The lowest BCUT2D eigenvalue weighted by atomic mass is 9.74. The molecule has 5 heteroatoms. The third kappa shape index (κ3) is 3.24. The van der Waals surface area contributed by atoms with Gasteiger partial charge in [0.05, 0.1) is 5.41 Å². The van der Waals surface area contributed by atoms with Crippen molar-refractivity contribution in [2.45, 2.75) is 32.1 Å². The van der Waals surface area contributed by atoms with E-state index in [0.29, 0.717) is 17.7 Å². The molecule has 2 aliphatic rings. The van der Waals surface area contributed by atoms with E-state index >= 15 is 0 Å². The zero-order valence-electron chi connectivity index (χ0n) is 13.8. The molecule has 0 aliphatic carbocycles. The number of amides is 1. The molecule has 0 unspecified atom stereocenters. The van der Waals surface area contributed by atoms with Gasteiger partial charge in [-0.15, -0.1) is 12.4 Å². The summed E-state index contributed by atoms with van der Waals surface area (Å²) in [6.07, 6.45) is 1.65. The van der Waals surface area contributed by atoms with E-state index in [-0.39, 0.29) is 12.4 Å². The van der Waals surface area contributed by atoms with Crippen LogP contribution < -0.4 is 5.32 Å². The van der Waals surface area contributed by atoms with Gasteiger partial charge in [-0.05, 0) is 42.4 Å². The number of hydrogen-bond donors (Lipinski definition) is 1. The molecular formula is C18H26Cl2N2O. The molecule has 0 aromatic heterocycles. The number of halogens is 2. The van der Waals surface area contributed by atoms with E-state index in [2.05, 4.69) is 24.1 Å². The van der Waals surface area contributed by atoms with Crippen LogP contribution in [0.4, 0.5) is 0 Å². The van der Waals surface area contributed by atoms with Crippen molar-refractivity contribution in [3.05, 3.63) is 34.9 Å². The molecule has 2 heterocycles. The van der Waals surface area contributed by atoms with Crippen molar-refractivity contribution >= 4 is 29.9 Å². The molecule has 1 aromatic rings. The van der Waals surface area contributed by atoms with Gasteiger partial charge in [-0.3, -0.25) is 4.79 Å². The lowest BCUT2D eigenvalue weighted by Gasteiger charge is -2.35. The van der Waals surface area contributed by atoms with Gasteiger partial charge in [0, 0.05) is 31.2 Å². The van der Waals surface area contributed by atoms with Crippen molar-refractivity contribution in [3.63, 3.8) is 0 Å². The maximum Gasteiger partial charge on any atom is 0.233 e. The number of carbonyl (C=O) groups is 1. The van der Waals surface area contributed by atoms with Gasteiger partial charge >= 0.3 is 0 Å². The van der Waals surface area contributed by atoms with E-state index in [1.54, 1.807) is 0 Å². The zero-order valence-corrected chi connectivity index (χ0v) is 15.4. The van der Waals surface area contributed by atoms with Crippen LogP contribution in [0.1, 0.15) is 32.3 Å². The van der Waals surface area contributed by atoms with Gasteiger partial charge < -0.3 is 10.2 Å². The molecule has 128 valence electrons. The summed E-state index contributed by atoms with van der Waals surface area (Å²) in [6.45, 7) is 8.17. The first kappa shape index (κ1) is 18.6. The maximum absolute atomic E-state index is 13.3. The average molecular weight is 357 g/mol. The summed E-state index contributed by atoms with van der Waals surface area (Å²) in [6, 6.07) is 7.83. The molecule has 0 saturated carbocycles. The summed E-state index contributed by atoms with van der Waals surface area (Å²) >= 11 is 6.02. The summed E-state index contributed by atoms with van der Waals surface area (Å²) in [7, 11) is 0. The third-order valence-corrected chi connectivity index (χ3v) is 5.94.